The fourth-order valence-electron chi connectivity index (χ4n) is 2.25. The van der Waals surface area contributed by atoms with Crippen molar-refractivity contribution in [3.63, 3.8) is 0 Å². The average molecular weight is 323 g/mol. The molecule has 110 valence electrons. The van der Waals surface area contributed by atoms with Gasteiger partial charge in [-0.1, -0.05) is 42.0 Å². The summed E-state index contributed by atoms with van der Waals surface area (Å²) in [6.07, 6.45) is 0. The summed E-state index contributed by atoms with van der Waals surface area (Å²) in [5, 5.41) is 0.668. The van der Waals surface area contributed by atoms with Crippen LogP contribution in [0.3, 0.4) is 0 Å². The number of benzene rings is 2. The summed E-state index contributed by atoms with van der Waals surface area (Å²) in [4.78, 5) is 1.98. The van der Waals surface area contributed by atoms with E-state index in [1.54, 1.807) is 12.1 Å². The number of hydrogen-bond acceptors (Lipinski definition) is 2. The molecule has 0 amide bonds. The Hall–Kier alpha value is -1.65. The fourth-order valence-corrected chi connectivity index (χ4v) is 2.65. The minimum atomic E-state index is -0.412. The van der Waals surface area contributed by atoms with Crippen molar-refractivity contribution in [2.45, 2.75) is 13.0 Å². The zero-order chi connectivity index (χ0) is 15.6. The Morgan fingerprint density at radius 1 is 1.29 bits per heavy atom. The lowest BCUT2D eigenvalue weighted by Gasteiger charge is -2.29. The lowest BCUT2D eigenvalue weighted by Crippen LogP contribution is -2.25. The highest BCUT2D eigenvalue weighted by molar-refractivity contribution is 7.80. The van der Waals surface area contributed by atoms with Crippen molar-refractivity contribution in [2.75, 3.05) is 11.9 Å². The van der Waals surface area contributed by atoms with Crippen molar-refractivity contribution in [3.8, 4) is 0 Å². The number of hydrogen-bond donors (Lipinski definition) is 1. The van der Waals surface area contributed by atoms with Crippen LogP contribution in [-0.4, -0.2) is 12.0 Å². The lowest BCUT2D eigenvalue weighted by molar-refractivity contribution is 0.623. The molecule has 0 radical (unpaired) electrons. The monoisotopic (exact) mass is 322 g/mol. The number of thiocarbonyl (C=S) groups is 1. The Morgan fingerprint density at radius 3 is 2.57 bits per heavy atom. The molecule has 0 fully saturated rings. The molecule has 0 aliphatic heterocycles. The van der Waals surface area contributed by atoms with Crippen LogP contribution in [-0.2, 0) is 0 Å². The van der Waals surface area contributed by atoms with Gasteiger partial charge in [-0.05, 0) is 36.8 Å². The first-order valence-electron chi connectivity index (χ1n) is 6.48. The van der Waals surface area contributed by atoms with E-state index in [1.165, 1.54) is 6.07 Å². The normalized spacial score (nSPS) is 12.0. The van der Waals surface area contributed by atoms with E-state index in [0.29, 0.717) is 10.7 Å². The Labute approximate surface area is 134 Å². The molecule has 21 heavy (non-hydrogen) atoms. The summed E-state index contributed by atoms with van der Waals surface area (Å²) in [5.74, 6) is -0.412. The van der Waals surface area contributed by atoms with Gasteiger partial charge in [0.15, 0.2) is 0 Å². The molecule has 0 aliphatic carbocycles. The van der Waals surface area contributed by atoms with Gasteiger partial charge in [-0.15, -0.1) is 0 Å². The highest BCUT2D eigenvalue weighted by atomic mass is 35.5. The predicted octanol–water partition coefficient (Wildman–Crippen LogP) is 4.31. The molecule has 2 aromatic carbocycles. The molecule has 1 atom stereocenters. The molecule has 0 saturated carbocycles. The quantitative estimate of drug-likeness (QED) is 0.850. The second kappa shape index (κ2) is 6.41. The standard InChI is InChI=1S/C16H16ClFN2S/c1-10(11-5-3-6-12(17)9-11)20(2)14-8-4-7-13(18)15(14)16(19)21/h3-10H,1-2H3,(H2,19,21). The molecule has 5 heteroatoms. The molecule has 2 aromatic rings. The Balaban J connectivity index is 2.43. The minimum Gasteiger partial charge on any atom is -0.389 e. The third kappa shape index (κ3) is 3.34. The summed E-state index contributed by atoms with van der Waals surface area (Å²) in [7, 11) is 1.88. The maximum Gasteiger partial charge on any atom is 0.135 e. The van der Waals surface area contributed by atoms with Crippen molar-refractivity contribution in [2.24, 2.45) is 5.73 Å². The molecule has 2 nitrogen and oxygen atoms in total. The molecule has 2 N–H and O–H groups in total. The largest absolute Gasteiger partial charge is 0.389 e. The van der Waals surface area contributed by atoms with Gasteiger partial charge in [-0.3, -0.25) is 0 Å². The third-order valence-electron chi connectivity index (χ3n) is 3.53. The second-order valence-electron chi connectivity index (χ2n) is 4.84. The van der Waals surface area contributed by atoms with E-state index in [1.807, 2.05) is 43.1 Å². The zero-order valence-corrected chi connectivity index (χ0v) is 13.4. The molecule has 1 unspecified atom stereocenters. The molecule has 0 heterocycles. The fraction of sp³-hybridized carbons (Fsp3) is 0.188. The van der Waals surface area contributed by atoms with Crippen molar-refractivity contribution in [1.29, 1.82) is 0 Å². The maximum absolute atomic E-state index is 14.0. The first-order valence-corrected chi connectivity index (χ1v) is 7.27. The van der Waals surface area contributed by atoms with Crippen molar-refractivity contribution < 1.29 is 4.39 Å². The van der Waals surface area contributed by atoms with Crippen LogP contribution in [0.5, 0.6) is 0 Å². The summed E-state index contributed by atoms with van der Waals surface area (Å²) in [6, 6.07) is 12.4. The summed E-state index contributed by atoms with van der Waals surface area (Å²) < 4.78 is 14.0. The first-order chi connectivity index (χ1) is 9.91. The van der Waals surface area contributed by atoms with Crippen LogP contribution in [0, 0.1) is 5.82 Å². The van der Waals surface area contributed by atoms with Crippen LogP contribution in [0.1, 0.15) is 24.1 Å². The van der Waals surface area contributed by atoms with Gasteiger partial charge < -0.3 is 10.6 Å². The number of rotatable bonds is 4. The molecular formula is C16H16ClFN2S. The summed E-state index contributed by atoms with van der Waals surface area (Å²) in [5.41, 5.74) is 7.62. The topological polar surface area (TPSA) is 29.3 Å². The van der Waals surface area contributed by atoms with Crippen LogP contribution in [0.15, 0.2) is 42.5 Å². The molecule has 2 rings (SSSR count). The smallest absolute Gasteiger partial charge is 0.135 e. The summed E-state index contributed by atoms with van der Waals surface area (Å²) in [6.45, 7) is 2.01. The molecule has 0 aromatic heterocycles. The van der Waals surface area contributed by atoms with E-state index >= 15 is 0 Å². The van der Waals surface area contributed by atoms with E-state index < -0.39 is 5.82 Å². The molecule has 0 saturated heterocycles. The molecule has 0 spiro atoms. The van der Waals surface area contributed by atoms with Gasteiger partial charge in [0.2, 0.25) is 0 Å². The molecule has 0 aliphatic rings. The Kier molecular flexibility index (Phi) is 4.80. The van der Waals surface area contributed by atoms with Crippen LogP contribution in [0.25, 0.3) is 0 Å². The van der Waals surface area contributed by atoms with Crippen LogP contribution < -0.4 is 10.6 Å². The van der Waals surface area contributed by atoms with Crippen LogP contribution >= 0.6 is 23.8 Å². The van der Waals surface area contributed by atoms with Crippen molar-refractivity contribution in [3.05, 3.63) is 64.4 Å². The zero-order valence-electron chi connectivity index (χ0n) is 11.8. The van der Waals surface area contributed by atoms with Crippen molar-refractivity contribution in [1.82, 2.24) is 0 Å². The highest BCUT2D eigenvalue weighted by Crippen LogP contribution is 2.30. The van der Waals surface area contributed by atoms with Gasteiger partial charge in [-0.25, -0.2) is 4.39 Å². The average Bonchev–Trinajstić information content (AvgIpc) is 2.45. The SMILES string of the molecule is CC(c1cccc(Cl)c1)N(C)c1cccc(F)c1C(N)=S. The van der Waals surface area contributed by atoms with Gasteiger partial charge in [-0.2, -0.15) is 0 Å². The predicted molar refractivity (Wildman–Crippen MR) is 90.6 cm³/mol. The van der Waals surface area contributed by atoms with Gasteiger partial charge in [0.1, 0.15) is 10.8 Å². The molecule has 0 bridgehead atoms. The van der Waals surface area contributed by atoms with E-state index in [0.717, 1.165) is 5.56 Å². The summed E-state index contributed by atoms with van der Waals surface area (Å²) >= 11 is 11.0. The first kappa shape index (κ1) is 15.7. The highest BCUT2D eigenvalue weighted by Gasteiger charge is 2.19. The maximum atomic E-state index is 14.0. The Bertz CT molecular complexity index is 675. The number of halogens is 2. The van der Waals surface area contributed by atoms with Gasteiger partial charge in [0, 0.05) is 12.1 Å². The van der Waals surface area contributed by atoms with Crippen LogP contribution in [0.2, 0.25) is 5.02 Å². The van der Waals surface area contributed by atoms with Gasteiger partial charge in [0.25, 0.3) is 0 Å². The van der Waals surface area contributed by atoms with Crippen molar-refractivity contribution >= 4 is 34.5 Å². The number of nitrogens with two attached hydrogens (primary N) is 1. The van der Waals surface area contributed by atoms with E-state index in [9.17, 15) is 4.39 Å². The van der Waals surface area contributed by atoms with Gasteiger partial charge >= 0.3 is 0 Å². The number of anilines is 1. The van der Waals surface area contributed by atoms with Crippen LogP contribution in [0.4, 0.5) is 10.1 Å². The molecular weight excluding hydrogens is 307 g/mol. The minimum absolute atomic E-state index is 0.00130. The number of nitrogens with zero attached hydrogens (tertiary/aromatic N) is 1. The lowest BCUT2D eigenvalue weighted by atomic mass is 10.0. The van der Waals surface area contributed by atoms with E-state index in [4.69, 9.17) is 29.6 Å². The van der Waals surface area contributed by atoms with E-state index in [2.05, 4.69) is 0 Å². The second-order valence-corrected chi connectivity index (χ2v) is 5.72. The van der Waals surface area contributed by atoms with Gasteiger partial charge in [0.05, 0.1) is 17.3 Å². The Morgan fingerprint density at radius 2 is 1.95 bits per heavy atom. The van der Waals surface area contributed by atoms with E-state index in [-0.39, 0.29) is 16.6 Å². The third-order valence-corrected chi connectivity index (χ3v) is 3.97.